The van der Waals surface area contributed by atoms with Crippen molar-refractivity contribution in [2.24, 2.45) is 0 Å². The second kappa shape index (κ2) is 5.78. The minimum absolute atomic E-state index is 0.0276. The SMILES string of the molecule is C=C(C)C(=O)C(C)(C)OCCC(C)(C)N(C)C. The standard InChI is InChI=1S/C14H27NO2/c1-11(2)12(16)14(5,6)17-10-9-13(3,4)15(7)8/h1,9-10H2,2-8H3. The zero-order chi connectivity index (χ0) is 13.9. The highest BCUT2D eigenvalue weighted by atomic mass is 16.5. The fourth-order valence-electron chi connectivity index (χ4n) is 1.36. The van der Waals surface area contributed by atoms with Crippen LogP contribution in [0.25, 0.3) is 0 Å². The van der Waals surface area contributed by atoms with E-state index in [2.05, 4.69) is 25.3 Å². The second-order valence-corrected chi connectivity index (χ2v) is 5.93. The van der Waals surface area contributed by atoms with Gasteiger partial charge in [-0.3, -0.25) is 4.79 Å². The molecule has 0 spiro atoms. The molecule has 0 radical (unpaired) electrons. The number of carbonyl (C=O) groups excluding carboxylic acids is 1. The molecule has 0 amide bonds. The molecule has 0 heterocycles. The van der Waals surface area contributed by atoms with Crippen LogP contribution in [0.1, 0.15) is 41.0 Å². The van der Waals surface area contributed by atoms with Gasteiger partial charge in [-0.15, -0.1) is 0 Å². The monoisotopic (exact) mass is 241 g/mol. The number of hydrogen-bond acceptors (Lipinski definition) is 3. The third-order valence-corrected chi connectivity index (χ3v) is 3.32. The molecule has 0 aromatic heterocycles. The van der Waals surface area contributed by atoms with Crippen LogP contribution in [0.3, 0.4) is 0 Å². The van der Waals surface area contributed by atoms with Crippen molar-refractivity contribution >= 4 is 5.78 Å². The topological polar surface area (TPSA) is 29.5 Å². The van der Waals surface area contributed by atoms with E-state index < -0.39 is 5.60 Å². The number of rotatable bonds is 7. The summed E-state index contributed by atoms with van der Waals surface area (Å²) in [6.07, 6.45) is 0.882. The van der Waals surface area contributed by atoms with E-state index in [1.165, 1.54) is 0 Å². The number of nitrogens with zero attached hydrogens (tertiary/aromatic N) is 1. The highest BCUT2D eigenvalue weighted by Crippen LogP contribution is 2.19. The predicted octanol–water partition coefficient (Wildman–Crippen LogP) is 2.66. The first kappa shape index (κ1) is 16.3. The predicted molar refractivity (Wildman–Crippen MR) is 72.2 cm³/mol. The van der Waals surface area contributed by atoms with Gasteiger partial charge in [-0.25, -0.2) is 0 Å². The molecule has 3 heteroatoms. The van der Waals surface area contributed by atoms with Gasteiger partial charge in [0, 0.05) is 12.1 Å². The quantitative estimate of drug-likeness (QED) is 0.642. The molecule has 0 bridgehead atoms. The Morgan fingerprint density at radius 2 is 1.71 bits per heavy atom. The summed E-state index contributed by atoms with van der Waals surface area (Å²) in [6.45, 7) is 13.9. The number of ether oxygens (including phenoxy) is 1. The van der Waals surface area contributed by atoms with Gasteiger partial charge >= 0.3 is 0 Å². The van der Waals surface area contributed by atoms with Gasteiger partial charge in [-0.05, 0) is 60.7 Å². The molecule has 100 valence electrons. The molecule has 17 heavy (non-hydrogen) atoms. The number of carbonyl (C=O) groups is 1. The van der Waals surface area contributed by atoms with Crippen LogP contribution in [0.5, 0.6) is 0 Å². The molecule has 0 N–H and O–H groups in total. The van der Waals surface area contributed by atoms with Crippen LogP contribution in [0.4, 0.5) is 0 Å². The van der Waals surface area contributed by atoms with Crippen molar-refractivity contribution in [3.8, 4) is 0 Å². The average Bonchev–Trinajstić information content (AvgIpc) is 2.15. The summed E-state index contributed by atoms with van der Waals surface area (Å²) in [5, 5.41) is 0. The molecule has 0 aromatic rings. The third kappa shape index (κ3) is 5.00. The molecule has 3 nitrogen and oxygen atoms in total. The van der Waals surface area contributed by atoms with Crippen molar-refractivity contribution in [1.82, 2.24) is 4.90 Å². The third-order valence-electron chi connectivity index (χ3n) is 3.32. The summed E-state index contributed by atoms with van der Waals surface area (Å²) in [7, 11) is 4.09. The van der Waals surface area contributed by atoms with Crippen LogP contribution in [0, 0.1) is 0 Å². The maximum atomic E-state index is 11.8. The summed E-state index contributed by atoms with van der Waals surface area (Å²) in [4.78, 5) is 14.0. The van der Waals surface area contributed by atoms with Crippen molar-refractivity contribution in [1.29, 1.82) is 0 Å². The lowest BCUT2D eigenvalue weighted by Crippen LogP contribution is -2.41. The Morgan fingerprint density at radius 3 is 2.06 bits per heavy atom. The Balaban J connectivity index is 4.30. The summed E-state index contributed by atoms with van der Waals surface area (Å²) in [5.41, 5.74) is -0.154. The lowest BCUT2D eigenvalue weighted by molar-refractivity contribution is -0.137. The Bertz CT molecular complexity index is 291. The second-order valence-electron chi connectivity index (χ2n) is 5.93. The zero-order valence-corrected chi connectivity index (χ0v) is 12.4. The largest absolute Gasteiger partial charge is 0.367 e. The molecule has 0 fully saturated rings. The molecule has 0 aliphatic heterocycles. The number of ketones is 1. The molecular formula is C14H27NO2. The first-order chi connectivity index (χ1) is 7.50. The van der Waals surface area contributed by atoms with Gasteiger partial charge in [0.15, 0.2) is 5.78 Å². The van der Waals surface area contributed by atoms with Crippen molar-refractivity contribution in [3.05, 3.63) is 12.2 Å². The smallest absolute Gasteiger partial charge is 0.189 e. The van der Waals surface area contributed by atoms with Crippen LogP contribution >= 0.6 is 0 Å². The fraction of sp³-hybridized carbons (Fsp3) is 0.786. The van der Waals surface area contributed by atoms with Crippen molar-refractivity contribution < 1.29 is 9.53 Å². The van der Waals surface area contributed by atoms with E-state index in [1.54, 1.807) is 20.8 Å². The zero-order valence-electron chi connectivity index (χ0n) is 12.4. The van der Waals surface area contributed by atoms with Crippen LogP contribution in [-0.4, -0.2) is 42.5 Å². The first-order valence-corrected chi connectivity index (χ1v) is 6.02. The maximum absolute atomic E-state index is 11.8. The maximum Gasteiger partial charge on any atom is 0.189 e. The van der Waals surface area contributed by atoms with E-state index >= 15 is 0 Å². The molecular weight excluding hydrogens is 214 g/mol. The first-order valence-electron chi connectivity index (χ1n) is 6.02. The summed E-state index contributed by atoms with van der Waals surface area (Å²) in [6, 6.07) is 0. The molecule has 0 unspecified atom stereocenters. The molecule has 0 saturated carbocycles. The molecule has 0 aromatic carbocycles. The normalized spacial score (nSPS) is 12.9. The molecule has 0 aliphatic rings. The van der Waals surface area contributed by atoms with Crippen molar-refractivity contribution in [2.45, 2.75) is 52.2 Å². The number of hydrogen-bond donors (Lipinski definition) is 0. The van der Waals surface area contributed by atoms with E-state index in [4.69, 9.17) is 4.74 Å². The summed E-state index contributed by atoms with van der Waals surface area (Å²) in [5.74, 6) is -0.0276. The Hall–Kier alpha value is -0.670. The van der Waals surface area contributed by atoms with Gasteiger partial charge in [-0.2, -0.15) is 0 Å². The molecule has 0 aliphatic carbocycles. The van der Waals surface area contributed by atoms with E-state index in [1.807, 2.05) is 14.1 Å². The summed E-state index contributed by atoms with van der Waals surface area (Å²) < 4.78 is 5.70. The van der Waals surface area contributed by atoms with Crippen LogP contribution < -0.4 is 0 Å². The van der Waals surface area contributed by atoms with Crippen molar-refractivity contribution in [2.75, 3.05) is 20.7 Å². The van der Waals surface area contributed by atoms with Crippen LogP contribution in [0.2, 0.25) is 0 Å². The Labute approximate surface area is 106 Å². The van der Waals surface area contributed by atoms with Crippen LogP contribution in [-0.2, 0) is 9.53 Å². The average molecular weight is 241 g/mol. The van der Waals surface area contributed by atoms with Gasteiger partial charge in [0.2, 0.25) is 0 Å². The highest BCUT2D eigenvalue weighted by Gasteiger charge is 2.29. The van der Waals surface area contributed by atoms with Crippen molar-refractivity contribution in [3.63, 3.8) is 0 Å². The number of Topliss-reactive ketones (excluding diaryl/α,β-unsaturated/α-hetero) is 1. The van der Waals surface area contributed by atoms with E-state index in [0.29, 0.717) is 12.2 Å². The van der Waals surface area contributed by atoms with E-state index in [-0.39, 0.29) is 11.3 Å². The van der Waals surface area contributed by atoms with Gasteiger partial charge < -0.3 is 9.64 Å². The minimum Gasteiger partial charge on any atom is -0.367 e. The minimum atomic E-state index is -0.770. The van der Waals surface area contributed by atoms with E-state index in [0.717, 1.165) is 6.42 Å². The molecule has 0 atom stereocenters. The van der Waals surface area contributed by atoms with E-state index in [9.17, 15) is 4.79 Å². The lowest BCUT2D eigenvalue weighted by atomic mass is 9.97. The van der Waals surface area contributed by atoms with Gasteiger partial charge in [0.05, 0.1) is 0 Å². The van der Waals surface area contributed by atoms with Gasteiger partial charge in [0.1, 0.15) is 5.60 Å². The van der Waals surface area contributed by atoms with Crippen LogP contribution in [0.15, 0.2) is 12.2 Å². The highest BCUT2D eigenvalue weighted by molar-refractivity contribution is 6.00. The lowest BCUT2D eigenvalue weighted by Gasteiger charge is -2.34. The molecule has 0 rings (SSSR count). The van der Waals surface area contributed by atoms with Gasteiger partial charge in [0.25, 0.3) is 0 Å². The Kier molecular flexibility index (Phi) is 5.56. The molecule has 0 saturated heterocycles. The Morgan fingerprint density at radius 1 is 1.24 bits per heavy atom. The fourth-order valence-corrected chi connectivity index (χ4v) is 1.36. The van der Waals surface area contributed by atoms with Gasteiger partial charge in [-0.1, -0.05) is 6.58 Å². The summed E-state index contributed by atoms with van der Waals surface area (Å²) >= 11 is 0.